The number of nitrogens with one attached hydrogen (secondary N) is 1. The van der Waals surface area contributed by atoms with Gasteiger partial charge in [0.05, 0.1) is 5.52 Å². The summed E-state index contributed by atoms with van der Waals surface area (Å²) in [6.45, 7) is 0. The molecule has 0 aliphatic heterocycles. The summed E-state index contributed by atoms with van der Waals surface area (Å²) >= 11 is 0. The van der Waals surface area contributed by atoms with Crippen molar-refractivity contribution in [3.8, 4) is 11.1 Å². The Balaban J connectivity index is 2.15. The van der Waals surface area contributed by atoms with Crippen LogP contribution in [0.1, 0.15) is 0 Å². The summed E-state index contributed by atoms with van der Waals surface area (Å²) in [5, 5.41) is 2.21. The molecule has 0 bridgehead atoms. The molecule has 0 atom stereocenters. The number of anilines is 2. The molecule has 0 saturated heterocycles. The summed E-state index contributed by atoms with van der Waals surface area (Å²) in [7, 11) is 0. The lowest BCUT2D eigenvalue weighted by Gasteiger charge is -2.05. The Labute approximate surface area is 122 Å². The number of hydrogen-bond donors (Lipinski definition) is 3. The first-order valence-electron chi connectivity index (χ1n) is 6.88. The predicted octanol–water partition coefficient (Wildman–Crippen LogP) is 4.15. The smallest absolute Gasteiger partial charge is 0.0546 e. The Bertz CT molecular complexity index is 952. The Morgan fingerprint density at radius 2 is 1.48 bits per heavy atom. The highest BCUT2D eigenvalue weighted by atomic mass is 14.7. The van der Waals surface area contributed by atoms with Gasteiger partial charge in [0.15, 0.2) is 0 Å². The van der Waals surface area contributed by atoms with Crippen molar-refractivity contribution < 1.29 is 0 Å². The fraction of sp³-hybridized carbons (Fsp3) is 0. The number of H-pyrrole nitrogens is 1. The molecule has 3 heteroatoms. The molecule has 0 fully saturated rings. The number of rotatable bonds is 1. The maximum atomic E-state index is 6.11. The topological polar surface area (TPSA) is 67.8 Å². The van der Waals surface area contributed by atoms with E-state index < -0.39 is 0 Å². The van der Waals surface area contributed by atoms with Crippen LogP contribution in [-0.4, -0.2) is 4.98 Å². The van der Waals surface area contributed by atoms with Gasteiger partial charge < -0.3 is 16.5 Å². The van der Waals surface area contributed by atoms with Crippen LogP contribution >= 0.6 is 0 Å². The zero-order valence-corrected chi connectivity index (χ0v) is 11.4. The van der Waals surface area contributed by atoms with Gasteiger partial charge in [-0.05, 0) is 35.9 Å². The minimum atomic E-state index is 0.754. The van der Waals surface area contributed by atoms with E-state index in [9.17, 15) is 0 Å². The lowest BCUT2D eigenvalue weighted by molar-refractivity contribution is 1.53. The highest BCUT2D eigenvalue weighted by Crippen LogP contribution is 2.35. The van der Waals surface area contributed by atoms with E-state index in [0.717, 1.165) is 44.3 Å². The summed E-state index contributed by atoms with van der Waals surface area (Å²) in [6, 6.07) is 20.2. The van der Waals surface area contributed by atoms with Crippen LogP contribution in [-0.2, 0) is 0 Å². The fourth-order valence-corrected chi connectivity index (χ4v) is 2.89. The number of nitrogen functional groups attached to an aromatic ring is 2. The molecular formula is C18H15N3. The normalized spacial score (nSPS) is 11.2. The lowest BCUT2D eigenvalue weighted by Crippen LogP contribution is -1.87. The van der Waals surface area contributed by atoms with Gasteiger partial charge in [0.2, 0.25) is 0 Å². The minimum absolute atomic E-state index is 0.754. The third kappa shape index (κ3) is 1.82. The third-order valence-electron chi connectivity index (χ3n) is 3.84. The largest absolute Gasteiger partial charge is 0.399 e. The van der Waals surface area contributed by atoms with E-state index in [0.29, 0.717) is 0 Å². The minimum Gasteiger partial charge on any atom is -0.399 e. The fourth-order valence-electron chi connectivity index (χ4n) is 2.89. The van der Waals surface area contributed by atoms with Gasteiger partial charge in [0.25, 0.3) is 0 Å². The molecule has 21 heavy (non-hydrogen) atoms. The molecule has 0 spiro atoms. The zero-order valence-electron chi connectivity index (χ0n) is 11.4. The number of nitrogens with two attached hydrogens (primary N) is 2. The number of aromatic nitrogens is 1. The quantitative estimate of drug-likeness (QED) is 0.456. The summed E-state index contributed by atoms with van der Waals surface area (Å²) < 4.78 is 0. The van der Waals surface area contributed by atoms with Gasteiger partial charge in [-0.2, -0.15) is 0 Å². The first-order valence-corrected chi connectivity index (χ1v) is 6.88. The second-order valence-corrected chi connectivity index (χ2v) is 5.29. The maximum absolute atomic E-state index is 6.11. The number of hydrogen-bond acceptors (Lipinski definition) is 2. The van der Waals surface area contributed by atoms with Crippen molar-refractivity contribution in [2.45, 2.75) is 0 Å². The molecule has 5 N–H and O–H groups in total. The van der Waals surface area contributed by atoms with E-state index in [1.807, 2.05) is 48.5 Å². The van der Waals surface area contributed by atoms with Crippen LogP contribution in [0.4, 0.5) is 11.4 Å². The third-order valence-corrected chi connectivity index (χ3v) is 3.84. The molecule has 0 aliphatic rings. The molecule has 3 nitrogen and oxygen atoms in total. The van der Waals surface area contributed by atoms with Crippen molar-refractivity contribution in [1.82, 2.24) is 4.98 Å². The molecule has 0 saturated carbocycles. The van der Waals surface area contributed by atoms with Crippen molar-refractivity contribution in [3.05, 3.63) is 60.7 Å². The molecule has 0 aliphatic carbocycles. The van der Waals surface area contributed by atoms with Gasteiger partial charge in [-0.25, -0.2) is 0 Å². The van der Waals surface area contributed by atoms with Crippen molar-refractivity contribution >= 4 is 33.2 Å². The Hall–Kier alpha value is -2.94. The van der Waals surface area contributed by atoms with Gasteiger partial charge in [-0.3, -0.25) is 0 Å². The highest BCUT2D eigenvalue weighted by molar-refractivity contribution is 6.13. The van der Waals surface area contributed by atoms with Gasteiger partial charge in [0.1, 0.15) is 0 Å². The van der Waals surface area contributed by atoms with Gasteiger partial charge in [-0.1, -0.05) is 30.3 Å². The molecule has 0 radical (unpaired) electrons. The zero-order chi connectivity index (χ0) is 14.4. The van der Waals surface area contributed by atoms with Gasteiger partial charge >= 0.3 is 0 Å². The molecule has 1 heterocycles. The maximum Gasteiger partial charge on any atom is 0.0546 e. The van der Waals surface area contributed by atoms with Crippen LogP contribution in [0.2, 0.25) is 0 Å². The highest BCUT2D eigenvalue weighted by Gasteiger charge is 2.11. The monoisotopic (exact) mass is 273 g/mol. The Morgan fingerprint density at radius 3 is 2.29 bits per heavy atom. The van der Waals surface area contributed by atoms with E-state index in [2.05, 4.69) is 17.1 Å². The van der Waals surface area contributed by atoms with E-state index in [4.69, 9.17) is 11.5 Å². The molecule has 4 rings (SSSR count). The standard InChI is InChI=1S/C18H15N3/c19-12-6-7-17-15(8-12)16-10-13(20)9-14(18(16)21-17)11-4-2-1-3-5-11/h1-10,21H,19-20H2. The second-order valence-electron chi connectivity index (χ2n) is 5.29. The molecular weight excluding hydrogens is 258 g/mol. The average Bonchev–Trinajstić information content (AvgIpc) is 2.85. The van der Waals surface area contributed by atoms with E-state index in [1.54, 1.807) is 0 Å². The first-order chi connectivity index (χ1) is 10.2. The van der Waals surface area contributed by atoms with E-state index >= 15 is 0 Å². The summed E-state index contributed by atoms with van der Waals surface area (Å²) in [5.74, 6) is 0. The second kappa shape index (κ2) is 4.28. The SMILES string of the molecule is Nc1ccc2[nH]c3c(-c4ccccc4)cc(N)cc3c2c1. The van der Waals surface area contributed by atoms with Crippen LogP contribution in [0.5, 0.6) is 0 Å². The average molecular weight is 273 g/mol. The number of benzene rings is 3. The van der Waals surface area contributed by atoms with Crippen LogP contribution in [0.25, 0.3) is 32.9 Å². The number of aromatic amines is 1. The Morgan fingerprint density at radius 1 is 0.714 bits per heavy atom. The molecule has 3 aromatic carbocycles. The van der Waals surface area contributed by atoms with Crippen molar-refractivity contribution in [2.75, 3.05) is 11.5 Å². The Kier molecular flexibility index (Phi) is 2.42. The molecule has 0 amide bonds. The molecule has 1 aromatic heterocycles. The summed E-state index contributed by atoms with van der Waals surface area (Å²) in [4.78, 5) is 3.49. The lowest BCUT2D eigenvalue weighted by atomic mass is 10.0. The van der Waals surface area contributed by atoms with Crippen molar-refractivity contribution in [1.29, 1.82) is 0 Å². The summed E-state index contributed by atoms with van der Waals surface area (Å²) in [5.41, 5.74) is 18.0. The van der Waals surface area contributed by atoms with E-state index in [-0.39, 0.29) is 0 Å². The summed E-state index contributed by atoms with van der Waals surface area (Å²) in [6.07, 6.45) is 0. The van der Waals surface area contributed by atoms with Crippen LogP contribution in [0.3, 0.4) is 0 Å². The van der Waals surface area contributed by atoms with Gasteiger partial charge in [0, 0.05) is 33.2 Å². The predicted molar refractivity (Wildman–Crippen MR) is 90.1 cm³/mol. The first kappa shape index (κ1) is 11.9. The van der Waals surface area contributed by atoms with Crippen LogP contribution in [0, 0.1) is 0 Å². The van der Waals surface area contributed by atoms with Crippen LogP contribution < -0.4 is 11.5 Å². The molecule has 0 unspecified atom stereocenters. The molecule has 102 valence electrons. The van der Waals surface area contributed by atoms with Crippen molar-refractivity contribution in [3.63, 3.8) is 0 Å². The van der Waals surface area contributed by atoms with Gasteiger partial charge in [-0.15, -0.1) is 0 Å². The van der Waals surface area contributed by atoms with E-state index in [1.165, 1.54) is 0 Å². The van der Waals surface area contributed by atoms with Crippen LogP contribution in [0.15, 0.2) is 60.7 Å². The van der Waals surface area contributed by atoms with Crippen molar-refractivity contribution in [2.24, 2.45) is 0 Å². The number of fused-ring (bicyclic) bond motifs is 3. The molecule has 4 aromatic rings.